The largest absolute Gasteiger partial charge is 0.494 e. The topological polar surface area (TPSA) is 30.5 Å². The van der Waals surface area contributed by atoms with Gasteiger partial charge in [-0.25, -0.2) is 0 Å². The fraction of sp³-hybridized carbons (Fsp3) is 0.625. The lowest BCUT2D eigenvalue weighted by molar-refractivity contribution is 0.193. The van der Waals surface area contributed by atoms with E-state index in [0.29, 0.717) is 6.04 Å². The predicted molar refractivity (Wildman–Crippen MR) is 79.8 cm³/mol. The van der Waals surface area contributed by atoms with E-state index in [0.717, 1.165) is 38.3 Å². The van der Waals surface area contributed by atoms with Crippen molar-refractivity contribution < 1.29 is 9.47 Å². The van der Waals surface area contributed by atoms with Gasteiger partial charge in [0.15, 0.2) is 0 Å². The van der Waals surface area contributed by atoms with Crippen molar-refractivity contribution in [2.75, 3.05) is 26.9 Å². The molecule has 1 aromatic rings. The van der Waals surface area contributed by atoms with Gasteiger partial charge in [-0.3, -0.25) is 0 Å². The zero-order chi connectivity index (χ0) is 13.9. The summed E-state index contributed by atoms with van der Waals surface area (Å²) in [6.07, 6.45) is 3.32. The molecule has 0 unspecified atom stereocenters. The molecule has 1 aromatic carbocycles. The van der Waals surface area contributed by atoms with Crippen LogP contribution in [0.1, 0.15) is 44.7 Å². The smallest absolute Gasteiger partial charge is 0.119 e. The number of methoxy groups -OCH3 is 1. The van der Waals surface area contributed by atoms with Crippen molar-refractivity contribution in [1.29, 1.82) is 0 Å². The number of rotatable bonds is 10. The number of hydrogen-bond donors (Lipinski definition) is 1. The van der Waals surface area contributed by atoms with Crippen LogP contribution >= 0.6 is 0 Å². The van der Waals surface area contributed by atoms with Crippen LogP contribution in [-0.2, 0) is 4.74 Å². The number of nitrogens with one attached hydrogen (secondary N) is 1. The lowest BCUT2D eigenvalue weighted by atomic mass is 10.1. The molecule has 0 fully saturated rings. The average Bonchev–Trinajstić information content (AvgIpc) is 2.44. The van der Waals surface area contributed by atoms with E-state index < -0.39 is 0 Å². The van der Waals surface area contributed by atoms with Gasteiger partial charge in [0.25, 0.3) is 0 Å². The molecule has 0 spiro atoms. The summed E-state index contributed by atoms with van der Waals surface area (Å²) in [5.41, 5.74) is 1.29. The van der Waals surface area contributed by atoms with E-state index in [1.54, 1.807) is 7.11 Å². The first-order valence-electron chi connectivity index (χ1n) is 7.23. The second-order valence-electron chi connectivity index (χ2n) is 4.79. The highest BCUT2D eigenvalue weighted by atomic mass is 16.5. The Morgan fingerprint density at radius 2 is 1.84 bits per heavy atom. The number of ether oxygens (including phenoxy) is 2. The zero-order valence-corrected chi connectivity index (χ0v) is 12.4. The van der Waals surface area contributed by atoms with Crippen molar-refractivity contribution in [3.05, 3.63) is 29.8 Å². The van der Waals surface area contributed by atoms with E-state index in [1.165, 1.54) is 12.0 Å². The van der Waals surface area contributed by atoms with Crippen molar-refractivity contribution in [2.45, 2.75) is 39.2 Å². The van der Waals surface area contributed by atoms with Gasteiger partial charge in [0, 0.05) is 19.8 Å². The lowest BCUT2D eigenvalue weighted by Gasteiger charge is -2.14. The van der Waals surface area contributed by atoms with Gasteiger partial charge in [-0.2, -0.15) is 0 Å². The van der Waals surface area contributed by atoms with Crippen LogP contribution in [0.2, 0.25) is 0 Å². The second kappa shape index (κ2) is 9.82. The molecule has 0 saturated carbocycles. The van der Waals surface area contributed by atoms with Crippen LogP contribution in [0.15, 0.2) is 24.3 Å². The van der Waals surface area contributed by atoms with E-state index >= 15 is 0 Å². The fourth-order valence-corrected chi connectivity index (χ4v) is 1.84. The number of benzene rings is 1. The van der Waals surface area contributed by atoms with Crippen molar-refractivity contribution in [3.63, 3.8) is 0 Å². The van der Waals surface area contributed by atoms with Crippen LogP contribution in [0.5, 0.6) is 5.75 Å². The molecule has 1 atom stereocenters. The maximum atomic E-state index is 5.66. The molecular formula is C16H27NO2. The molecule has 0 saturated heterocycles. The van der Waals surface area contributed by atoms with Crippen molar-refractivity contribution >= 4 is 0 Å². The Hall–Kier alpha value is -1.06. The van der Waals surface area contributed by atoms with E-state index in [4.69, 9.17) is 9.47 Å². The standard InChI is InChI=1S/C16H27NO2/c1-4-5-13-19-16-9-7-15(8-10-16)14(2)17-11-6-12-18-3/h7-10,14,17H,4-6,11-13H2,1-3H3/t14-/m0/s1. The maximum Gasteiger partial charge on any atom is 0.119 e. The van der Waals surface area contributed by atoms with E-state index in [9.17, 15) is 0 Å². The van der Waals surface area contributed by atoms with Crippen LogP contribution in [0.25, 0.3) is 0 Å². The summed E-state index contributed by atoms with van der Waals surface area (Å²) in [5, 5.41) is 3.48. The molecule has 0 aromatic heterocycles. The SMILES string of the molecule is CCCCOc1ccc([C@H](C)NCCCOC)cc1. The van der Waals surface area contributed by atoms with Crippen LogP contribution in [0.3, 0.4) is 0 Å². The summed E-state index contributed by atoms with van der Waals surface area (Å²) in [5.74, 6) is 0.962. The third kappa shape index (κ3) is 6.60. The highest BCUT2D eigenvalue weighted by molar-refractivity contribution is 5.28. The minimum Gasteiger partial charge on any atom is -0.494 e. The summed E-state index contributed by atoms with van der Waals surface area (Å²) in [4.78, 5) is 0. The summed E-state index contributed by atoms with van der Waals surface area (Å²) in [7, 11) is 1.74. The summed E-state index contributed by atoms with van der Waals surface area (Å²) in [6.45, 7) is 6.94. The van der Waals surface area contributed by atoms with E-state index in [2.05, 4.69) is 43.4 Å². The first kappa shape index (κ1) is 16.0. The van der Waals surface area contributed by atoms with Crippen LogP contribution in [0, 0.1) is 0 Å². The molecule has 0 heterocycles. The lowest BCUT2D eigenvalue weighted by Crippen LogP contribution is -2.20. The van der Waals surface area contributed by atoms with Gasteiger partial charge in [0.2, 0.25) is 0 Å². The Bertz CT molecular complexity index is 324. The van der Waals surface area contributed by atoms with E-state index in [1.807, 2.05) is 0 Å². The predicted octanol–water partition coefficient (Wildman–Crippen LogP) is 3.55. The van der Waals surface area contributed by atoms with Gasteiger partial charge in [-0.15, -0.1) is 0 Å². The summed E-state index contributed by atoms with van der Waals surface area (Å²) >= 11 is 0. The fourth-order valence-electron chi connectivity index (χ4n) is 1.84. The third-order valence-electron chi connectivity index (χ3n) is 3.12. The van der Waals surface area contributed by atoms with Gasteiger partial charge in [0.05, 0.1) is 6.61 Å². The second-order valence-corrected chi connectivity index (χ2v) is 4.79. The van der Waals surface area contributed by atoms with Gasteiger partial charge in [-0.1, -0.05) is 25.5 Å². The van der Waals surface area contributed by atoms with Gasteiger partial charge in [-0.05, 0) is 44.0 Å². The quantitative estimate of drug-likeness (QED) is 0.656. The number of hydrogen-bond acceptors (Lipinski definition) is 3. The van der Waals surface area contributed by atoms with Crippen molar-refractivity contribution in [2.24, 2.45) is 0 Å². The molecule has 3 nitrogen and oxygen atoms in total. The highest BCUT2D eigenvalue weighted by Gasteiger charge is 2.04. The number of unbranched alkanes of at least 4 members (excludes halogenated alkanes) is 1. The zero-order valence-electron chi connectivity index (χ0n) is 12.4. The monoisotopic (exact) mass is 265 g/mol. The summed E-state index contributed by atoms with van der Waals surface area (Å²) < 4.78 is 10.7. The molecule has 19 heavy (non-hydrogen) atoms. The van der Waals surface area contributed by atoms with Crippen molar-refractivity contribution in [3.8, 4) is 5.75 Å². The molecule has 108 valence electrons. The Kier molecular flexibility index (Phi) is 8.26. The molecule has 0 aliphatic carbocycles. The van der Waals surface area contributed by atoms with Crippen LogP contribution in [0.4, 0.5) is 0 Å². The third-order valence-corrected chi connectivity index (χ3v) is 3.12. The van der Waals surface area contributed by atoms with Crippen LogP contribution < -0.4 is 10.1 Å². The van der Waals surface area contributed by atoms with Gasteiger partial charge in [0.1, 0.15) is 5.75 Å². The summed E-state index contributed by atoms with van der Waals surface area (Å²) in [6, 6.07) is 8.74. The molecule has 0 aliphatic rings. The minimum atomic E-state index is 0.363. The molecule has 0 amide bonds. The Morgan fingerprint density at radius 1 is 1.11 bits per heavy atom. The normalized spacial score (nSPS) is 12.4. The van der Waals surface area contributed by atoms with Crippen LogP contribution in [-0.4, -0.2) is 26.9 Å². The Morgan fingerprint density at radius 3 is 2.47 bits per heavy atom. The maximum absolute atomic E-state index is 5.66. The van der Waals surface area contributed by atoms with Gasteiger partial charge < -0.3 is 14.8 Å². The molecule has 3 heteroatoms. The van der Waals surface area contributed by atoms with Crippen molar-refractivity contribution in [1.82, 2.24) is 5.32 Å². The minimum absolute atomic E-state index is 0.363. The molecule has 1 N–H and O–H groups in total. The molecule has 0 aliphatic heterocycles. The highest BCUT2D eigenvalue weighted by Crippen LogP contribution is 2.17. The first-order chi connectivity index (χ1) is 9.27. The molecular weight excluding hydrogens is 238 g/mol. The van der Waals surface area contributed by atoms with Gasteiger partial charge >= 0.3 is 0 Å². The van der Waals surface area contributed by atoms with E-state index in [-0.39, 0.29) is 0 Å². The molecule has 1 rings (SSSR count). The Balaban J connectivity index is 2.33. The average molecular weight is 265 g/mol. The first-order valence-corrected chi connectivity index (χ1v) is 7.23. The molecule has 0 radical (unpaired) electrons. The Labute approximate surface area is 117 Å². The molecule has 0 bridgehead atoms.